The van der Waals surface area contributed by atoms with E-state index in [1.54, 1.807) is 24.3 Å². The minimum absolute atomic E-state index is 0.174. The first-order chi connectivity index (χ1) is 19.0. The summed E-state index contributed by atoms with van der Waals surface area (Å²) in [4.78, 5) is 45.6. The molecule has 39 heavy (non-hydrogen) atoms. The Morgan fingerprint density at radius 2 is 1.44 bits per heavy atom. The number of carbonyl (C=O) groups excluding carboxylic acids is 3. The lowest BCUT2D eigenvalue weighted by Gasteiger charge is -2.37. The molecule has 1 amide bonds. The molecule has 4 unspecified atom stereocenters. The number of fused-ring (bicyclic) bond motifs is 6. The van der Waals surface area contributed by atoms with Crippen LogP contribution in [0.25, 0.3) is 6.08 Å². The van der Waals surface area contributed by atoms with Gasteiger partial charge in [0.05, 0.1) is 12.0 Å². The molecule has 1 fully saturated rings. The van der Waals surface area contributed by atoms with Gasteiger partial charge >= 0.3 is 0 Å². The molecule has 0 aliphatic carbocycles. The van der Waals surface area contributed by atoms with Crippen LogP contribution in [0.3, 0.4) is 0 Å². The number of amides is 1. The molecule has 4 atom stereocenters. The summed E-state index contributed by atoms with van der Waals surface area (Å²) in [5, 5.41) is 3.07. The first kappa shape index (κ1) is 23.4. The fourth-order valence-electron chi connectivity index (χ4n) is 6.83. The molecule has 0 saturated carbocycles. The summed E-state index contributed by atoms with van der Waals surface area (Å²) in [6.45, 7) is 2.01. The maximum absolute atomic E-state index is 14.6. The molecule has 5 nitrogen and oxygen atoms in total. The van der Waals surface area contributed by atoms with Crippen molar-refractivity contribution >= 4 is 34.9 Å². The van der Waals surface area contributed by atoms with Gasteiger partial charge in [-0.25, -0.2) is 0 Å². The van der Waals surface area contributed by atoms with E-state index in [1.807, 2.05) is 96.8 Å². The Morgan fingerprint density at radius 1 is 0.795 bits per heavy atom. The van der Waals surface area contributed by atoms with Crippen LogP contribution >= 0.6 is 0 Å². The molecule has 1 saturated heterocycles. The Bertz CT molecular complexity index is 1680. The average Bonchev–Trinajstić information content (AvgIpc) is 3.45. The third-order valence-corrected chi connectivity index (χ3v) is 8.46. The minimum atomic E-state index is -1.30. The Kier molecular flexibility index (Phi) is 5.17. The summed E-state index contributed by atoms with van der Waals surface area (Å²) in [6, 6.07) is 30.4. The third kappa shape index (κ3) is 3.23. The van der Waals surface area contributed by atoms with Crippen LogP contribution in [0.4, 0.5) is 11.4 Å². The highest BCUT2D eigenvalue weighted by Crippen LogP contribution is 2.58. The lowest BCUT2D eigenvalue weighted by molar-refractivity contribution is -0.121. The van der Waals surface area contributed by atoms with Gasteiger partial charge in [-0.05, 0) is 35.7 Å². The van der Waals surface area contributed by atoms with E-state index in [2.05, 4.69) is 11.4 Å². The maximum Gasteiger partial charge on any atom is 0.238 e. The van der Waals surface area contributed by atoms with Crippen LogP contribution in [-0.2, 0) is 10.2 Å². The third-order valence-electron chi connectivity index (χ3n) is 8.46. The van der Waals surface area contributed by atoms with Crippen molar-refractivity contribution in [1.29, 1.82) is 0 Å². The van der Waals surface area contributed by atoms with Crippen molar-refractivity contribution < 1.29 is 14.4 Å². The zero-order chi connectivity index (χ0) is 26.7. The molecule has 4 aromatic carbocycles. The standard InChI is InChI=1S/C34H26N2O3/c1-21-16-17-22-18-19-28-34(25-14-8-9-15-26(25)35-33(34)39)29(31(37)23-10-4-2-5-11-23)30(36(28)27(22)20-21)32(38)24-12-6-3-7-13-24/h2-20,28-30H,1H3,(H,35,39). The second kappa shape index (κ2) is 8.63. The minimum Gasteiger partial charge on any atom is -0.352 e. The van der Waals surface area contributed by atoms with Gasteiger partial charge < -0.3 is 10.2 Å². The van der Waals surface area contributed by atoms with Gasteiger partial charge in [0.25, 0.3) is 0 Å². The molecule has 4 aromatic rings. The van der Waals surface area contributed by atoms with Gasteiger partial charge in [-0.15, -0.1) is 0 Å². The van der Waals surface area contributed by atoms with Gasteiger partial charge in [0.15, 0.2) is 11.6 Å². The number of hydrogen-bond acceptors (Lipinski definition) is 4. The summed E-state index contributed by atoms with van der Waals surface area (Å²) in [5.41, 5.74) is 3.99. The van der Waals surface area contributed by atoms with Crippen molar-refractivity contribution in [3.05, 3.63) is 137 Å². The first-order valence-electron chi connectivity index (χ1n) is 13.2. The number of benzene rings is 4. The topological polar surface area (TPSA) is 66.5 Å². The summed E-state index contributed by atoms with van der Waals surface area (Å²) >= 11 is 0. The quantitative estimate of drug-likeness (QED) is 0.350. The summed E-state index contributed by atoms with van der Waals surface area (Å²) < 4.78 is 0. The molecule has 1 spiro atoms. The molecule has 0 bridgehead atoms. The second-order valence-corrected chi connectivity index (χ2v) is 10.5. The fraction of sp³-hybridized carbons (Fsp3) is 0.147. The number of carbonyl (C=O) groups is 3. The monoisotopic (exact) mass is 510 g/mol. The van der Waals surface area contributed by atoms with Gasteiger partial charge in [-0.2, -0.15) is 0 Å². The van der Waals surface area contributed by atoms with E-state index in [9.17, 15) is 14.4 Å². The number of Topliss-reactive ketones (excluding diaryl/α,β-unsaturated/α-hetero) is 2. The fourth-order valence-corrected chi connectivity index (χ4v) is 6.83. The van der Waals surface area contributed by atoms with Gasteiger partial charge in [0.1, 0.15) is 11.5 Å². The predicted molar refractivity (Wildman–Crippen MR) is 152 cm³/mol. The van der Waals surface area contributed by atoms with Crippen molar-refractivity contribution in [1.82, 2.24) is 0 Å². The number of nitrogens with one attached hydrogen (secondary N) is 1. The Morgan fingerprint density at radius 3 is 2.15 bits per heavy atom. The normalized spacial score (nSPS) is 24.2. The van der Waals surface area contributed by atoms with Crippen molar-refractivity contribution in [2.75, 3.05) is 10.2 Å². The number of para-hydroxylation sites is 1. The summed E-state index contributed by atoms with van der Waals surface area (Å²) in [6.07, 6.45) is 4.02. The highest BCUT2D eigenvalue weighted by atomic mass is 16.2. The van der Waals surface area contributed by atoms with E-state index >= 15 is 0 Å². The van der Waals surface area contributed by atoms with Crippen molar-refractivity contribution in [3.8, 4) is 0 Å². The van der Waals surface area contributed by atoms with E-state index in [0.717, 1.165) is 22.4 Å². The molecule has 0 radical (unpaired) electrons. The molecule has 3 aliphatic rings. The Labute approximate surface area is 226 Å². The van der Waals surface area contributed by atoms with Crippen LogP contribution in [0.1, 0.15) is 37.4 Å². The van der Waals surface area contributed by atoms with Gasteiger partial charge in [0, 0.05) is 22.5 Å². The maximum atomic E-state index is 14.6. The van der Waals surface area contributed by atoms with Crippen molar-refractivity contribution in [2.24, 2.45) is 5.92 Å². The molecular weight excluding hydrogens is 484 g/mol. The average molecular weight is 511 g/mol. The number of ketones is 2. The second-order valence-electron chi connectivity index (χ2n) is 10.5. The van der Waals surface area contributed by atoms with Crippen LogP contribution in [0.15, 0.2) is 109 Å². The molecule has 3 aliphatic heterocycles. The summed E-state index contributed by atoms with van der Waals surface area (Å²) in [5.74, 6) is -1.60. The molecular formula is C34H26N2O3. The van der Waals surface area contributed by atoms with Crippen LogP contribution < -0.4 is 10.2 Å². The van der Waals surface area contributed by atoms with Crippen LogP contribution in [-0.4, -0.2) is 29.6 Å². The van der Waals surface area contributed by atoms with Crippen LogP contribution in [0.5, 0.6) is 0 Å². The molecule has 5 heteroatoms. The largest absolute Gasteiger partial charge is 0.352 e. The molecule has 3 heterocycles. The lowest BCUT2D eigenvalue weighted by atomic mass is 9.64. The van der Waals surface area contributed by atoms with Crippen LogP contribution in [0, 0.1) is 12.8 Å². The zero-order valence-electron chi connectivity index (χ0n) is 21.4. The van der Waals surface area contributed by atoms with Crippen molar-refractivity contribution in [3.63, 3.8) is 0 Å². The smallest absolute Gasteiger partial charge is 0.238 e. The molecule has 0 aromatic heterocycles. The van der Waals surface area contributed by atoms with E-state index < -0.39 is 23.4 Å². The van der Waals surface area contributed by atoms with E-state index in [4.69, 9.17) is 0 Å². The number of hydrogen-bond donors (Lipinski definition) is 1. The summed E-state index contributed by atoms with van der Waals surface area (Å²) in [7, 11) is 0. The lowest BCUT2D eigenvalue weighted by Crippen LogP contribution is -2.51. The van der Waals surface area contributed by atoms with E-state index in [1.165, 1.54) is 0 Å². The first-order valence-corrected chi connectivity index (χ1v) is 13.2. The number of nitrogens with zero attached hydrogens (tertiary/aromatic N) is 1. The van der Waals surface area contributed by atoms with Gasteiger partial charge in [-0.3, -0.25) is 14.4 Å². The number of rotatable bonds is 4. The SMILES string of the molecule is Cc1ccc2c(c1)N1C(C(=O)c3ccccc3)C(C(=O)c3ccccc3)C3(C(=O)Nc4ccccc43)C1C=C2. The molecule has 7 rings (SSSR count). The van der Waals surface area contributed by atoms with Crippen LogP contribution in [0.2, 0.25) is 0 Å². The molecule has 1 N–H and O–H groups in total. The highest BCUT2D eigenvalue weighted by molar-refractivity contribution is 6.18. The predicted octanol–water partition coefficient (Wildman–Crippen LogP) is 5.85. The van der Waals surface area contributed by atoms with Crippen molar-refractivity contribution in [2.45, 2.75) is 24.4 Å². The zero-order valence-corrected chi connectivity index (χ0v) is 21.4. The van der Waals surface area contributed by atoms with E-state index in [-0.39, 0.29) is 17.5 Å². The number of aryl methyl sites for hydroxylation is 1. The van der Waals surface area contributed by atoms with Gasteiger partial charge in [-0.1, -0.05) is 103 Å². The molecule has 190 valence electrons. The Balaban J connectivity index is 1.55. The number of anilines is 2. The van der Waals surface area contributed by atoms with E-state index in [0.29, 0.717) is 16.8 Å². The highest BCUT2D eigenvalue weighted by Gasteiger charge is 2.70. The Hall–Kier alpha value is -4.77. The van der Waals surface area contributed by atoms with Gasteiger partial charge in [0.2, 0.25) is 5.91 Å².